The van der Waals surface area contributed by atoms with E-state index in [1.165, 1.54) is 0 Å². The van der Waals surface area contributed by atoms with Crippen LogP contribution in [0.4, 0.5) is 0 Å². The lowest BCUT2D eigenvalue weighted by Crippen LogP contribution is -2.44. The molecule has 6 nitrogen and oxygen atoms in total. The van der Waals surface area contributed by atoms with Crippen LogP contribution in [0.3, 0.4) is 0 Å². The molecule has 6 heteroatoms. The second kappa shape index (κ2) is 6.59. The number of hydrogen-bond acceptors (Lipinski definition) is 4. The molecule has 1 amide bonds. The Hall–Kier alpha value is -2.21. The molecular formula is C19H24N4O2. The van der Waals surface area contributed by atoms with Gasteiger partial charge in [0.2, 0.25) is 5.91 Å². The summed E-state index contributed by atoms with van der Waals surface area (Å²) in [7, 11) is 0. The van der Waals surface area contributed by atoms with Crippen molar-refractivity contribution in [3.05, 3.63) is 36.2 Å². The molecule has 1 aliphatic heterocycles. The first-order valence-electron chi connectivity index (χ1n) is 9.09. The van der Waals surface area contributed by atoms with Crippen molar-refractivity contribution in [1.29, 1.82) is 0 Å². The number of carbonyl (C=O) groups excluding carboxylic acids is 1. The maximum atomic E-state index is 12.9. The Kier molecular flexibility index (Phi) is 4.29. The molecule has 1 aromatic heterocycles. The van der Waals surface area contributed by atoms with Crippen LogP contribution in [0.5, 0.6) is 0 Å². The van der Waals surface area contributed by atoms with Crippen LogP contribution >= 0.6 is 0 Å². The maximum Gasteiger partial charge on any atom is 0.226 e. The fourth-order valence-corrected chi connectivity index (χ4v) is 4.06. The monoisotopic (exact) mass is 340 g/mol. The van der Waals surface area contributed by atoms with Crippen LogP contribution in [0.15, 0.2) is 30.3 Å². The van der Waals surface area contributed by atoms with Gasteiger partial charge in [-0.2, -0.15) is 0 Å². The Bertz CT molecular complexity index is 750. The van der Waals surface area contributed by atoms with Gasteiger partial charge in [-0.25, -0.2) is 0 Å². The topological polar surface area (TPSA) is 71.2 Å². The molecule has 2 aliphatic rings. The third kappa shape index (κ3) is 3.06. The molecule has 1 aromatic carbocycles. The molecule has 1 atom stereocenters. The van der Waals surface area contributed by atoms with Crippen molar-refractivity contribution in [2.24, 2.45) is 5.92 Å². The van der Waals surface area contributed by atoms with Crippen LogP contribution in [0.25, 0.3) is 11.4 Å². The fourth-order valence-electron chi connectivity index (χ4n) is 4.06. The zero-order chi connectivity index (χ0) is 17.4. The average Bonchev–Trinajstić information content (AvgIpc) is 3.07. The van der Waals surface area contributed by atoms with Crippen LogP contribution in [0.1, 0.15) is 44.5 Å². The fraction of sp³-hybridized carbons (Fsp3) is 0.526. The molecule has 0 bridgehead atoms. The van der Waals surface area contributed by atoms with Crippen molar-refractivity contribution in [2.45, 2.75) is 51.3 Å². The van der Waals surface area contributed by atoms with Crippen molar-refractivity contribution in [2.75, 3.05) is 6.54 Å². The second-order valence-corrected chi connectivity index (χ2v) is 7.25. The first-order valence-corrected chi connectivity index (χ1v) is 9.09. The van der Waals surface area contributed by atoms with E-state index in [1.54, 1.807) is 0 Å². The SMILES string of the molecule is C[C@H]1CN(C(=O)C2CCC(O)CC2)Cc2nnc(-c3ccccc3)n21. The van der Waals surface area contributed by atoms with Crippen molar-refractivity contribution in [3.63, 3.8) is 0 Å². The number of amides is 1. The summed E-state index contributed by atoms with van der Waals surface area (Å²) in [6.45, 7) is 3.31. The van der Waals surface area contributed by atoms with Gasteiger partial charge in [0, 0.05) is 18.0 Å². The van der Waals surface area contributed by atoms with Gasteiger partial charge in [-0.1, -0.05) is 30.3 Å². The summed E-state index contributed by atoms with van der Waals surface area (Å²) in [5.41, 5.74) is 1.05. The van der Waals surface area contributed by atoms with Gasteiger partial charge in [-0.05, 0) is 32.6 Å². The van der Waals surface area contributed by atoms with Crippen LogP contribution in [0.2, 0.25) is 0 Å². The average molecular weight is 340 g/mol. The molecule has 1 N–H and O–H groups in total. The number of aliphatic hydroxyl groups is 1. The molecule has 2 heterocycles. The summed E-state index contributed by atoms with van der Waals surface area (Å²) >= 11 is 0. The zero-order valence-electron chi connectivity index (χ0n) is 14.5. The summed E-state index contributed by atoms with van der Waals surface area (Å²) in [4.78, 5) is 14.8. The van der Waals surface area contributed by atoms with Gasteiger partial charge in [0.15, 0.2) is 11.6 Å². The zero-order valence-corrected chi connectivity index (χ0v) is 14.5. The number of fused-ring (bicyclic) bond motifs is 1. The summed E-state index contributed by atoms with van der Waals surface area (Å²) < 4.78 is 2.16. The van der Waals surface area contributed by atoms with Crippen LogP contribution in [-0.4, -0.2) is 43.3 Å². The van der Waals surface area contributed by atoms with E-state index in [9.17, 15) is 9.90 Å². The standard InChI is InChI=1S/C19H24N4O2/c1-13-11-22(19(25)15-7-9-16(24)10-8-15)12-17-20-21-18(23(13)17)14-5-3-2-4-6-14/h2-6,13,15-16,24H,7-12H2,1H3/t13-,15?,16?/m0/s1. The van der Waals surface area contributed by atoms with Crippen molar-refractivity contribution in [1.82, 2.24) is 19.7 Å². The number of aliphatic hydroxyl groups excluding tert-OH is 1. The van der Waals surface area contributed by atoms with Gasteiger partial charge in [-0.15, -0.1) is 10.2 Å². The Morgan fingerprint density at radius 1 is 1.12 bits per heavy atom. The highest BCUT2D eigenvalue weighted by molar-refractivity contribution is 5.79. The van der Waals surface area contributed by atoms with Crippen molar-refractivity contribution < 1.29 is 9.90 Å². The van der Waals surface area contributed by atoms with Crippen LogP contribution in [-0.2, 0) is 11.3 Å². The van der Waals surface area contributed by atoms with Crippen molar-refractivity contribution >= 4 is 5.91 Å². The molecule has 1 saturated carbocycles. The molecule has 0 saturated heterocycles. The Labute approximate surface area is 147 Å². The normalized spacial score (nSPS) is 26.3. The highest BCUT2D eigenvalue weighted by Crippen LogP contribution is 2.31. The first-order chi connectivity index (χ1) is 12.1. The van der Waals surface area contributed by atoms with E-state index in [0.29, 0.717) is 13.1 Å². The Morgan fingerprint density at radius 2 is 1.84 bits per heavy atom. The molecular weight excluding hydrogens is 316 g/mol. The summed E-state index contributed by atoms with van der Waals surface area (Å²) in [5, 5.41) is 18.4. The quantitative estimate of drug-likeness (QED) is 0.911. The van der Waals surface area contributed by atoms with E-state index in [2.05, 4.69) is 21.7 Å². The third-order valence-electron chi connectivity index (χ3n) is 5.41. The van der Waals surface area contributed by atoms with Crippen LogP contribution < -0.4 is 0 Å². The molecule has 1 aliphatic carbocycles. The summed E-state index contributed by atoms with van der Waals surface area (Å²) in [6.07, 6.45) is 2.79. The molecule has 25 heavy (non-hydrogen) atoms. The lowest BCUT2D eigenvalue weighted by Gasteiger charge is -2.36. The first kappa shape index (κ1) is 16.3. The molecule has 4 rings (SSSR count). The van der Waals surface area contributed by atoms with E-state index >= 15 is 0 Å². The van der Waals surface area contributed by atoms with Gasteiger partial charge in [-0.3, -0.25) is 4.79 Å². The minimum atomic E-state index is -0.235. The number of carbonyl (C=O) groups is 1. The van der Waals surface area contributed by atoms with E-state index in [-0.39, 0.29) is 24.0 Å². The van der Waals surface area contributed by atoms with Gasteiger partial charge in [0.05, 0.1) is 18.7 Å². The lowest BCUT2D eigenvalue weighted by molar-refractivity contribution is -0.139. The van der Waals surface area contributed by atoms with Gasteiger partial charge >= 0.3 is 0 Å². The summed E-state index contributed by atoms with van der Waals surface area (Å²) in [5.74, 6) is 1.96. The number of hydrogen-bond donors (Lipinski definition) is 1. The Balaban J connectivity index is 1.54. The molecule has 0 radical (unpaired) electrons. The maximum absolute atomic E-state index is 12.9. The highest BCUT2D eigenvalue weighted by Gasteiger charge is 2.34. The van der Waals surface area contributed by atoms with E-state index in [1.807, 2.05) is 35.2 Å². The molecule has 0 unspecified atom stereocenters. The van der Waals surface area contributed by atoms with Gasteiger partial charge in [0.1, 0.15) is 0 Å². The number of benzene rings is 1. The number of rotatable bonds is 2. The van der Waals surface area contributed by atoms with Gasteiger partial charge in [0.25, 0.3) is 0 Å². The largest absolute Gasteiger partial charge is 0.393 e. The van der Waals surface area contributed by atoms with E-state index < -0.39 is 0 Å². The van der Waals surface area contributed by atoms with Crippen molar-refractivity contribution in [3.8, 4) is 11.4 Å². The van der Waals surface area contributed by atoms with E-state index in [0.717, 1.165) is 42.9 Å². The van der Waals surface area contributed by atoms with E-state index in [4.69, 9.17) is 0 Å². The minimum Gasteiger partial charge on any atom is -0.393 e. The Morgan fingerprint density at radius 3 is 2.56 bits per heavy atom. The molecule has 0 spiro atoms. The summed E-state index contributed by atoms with van der Waals surface area (Å²) in [6, 6.07) is 10.2. The highest BCUT2D eigenvalue weighted by atomic mass is 16.3. The second-order valence-electron chi connectivity index (χ2n) is 7.25. The molecule has 1 fully saturated rings. The van der Waals surface area contributed by atoms with Crippen LogP contribution in [0, 0.1) is 5.92 Å². The predicted octanol–water partition coefficient (Wildman–Crippen LogP) is 2.40. The van der Waals surface area contributed by atoms with Gasteiger partial charge < -0.3 is 14.6 Å². The molecule has 2 aromatic rings. The smallest absolute Gasteiger partial charge is 0.226 e. The predicted molar refractivity (Wildman–Crippen MR) is 93.6 cm³/mol. The third-order valence-corrected chi connectivity index (χ3v) is 5.41. The minimum absolute atomic E-state index is 0.0404. The number of nitrogens with zero attached hydrogens (tertiary/aromatic N) is 4. The molecule has 132 valence electrons. The lowest BCUT2D eigenvalue weighted by atomic mass is 9.86. The number of aromatic nitrogens is 3.